The van der Waals surface area contributed by atoms with Crippen LogP contribution in [0.25, 0.3) is 10.9 Å². The molecule has 0 saturated heterocycles. The molecule has 1 atom stereocenters. The van der Waals surface area contributed by atoms with Crippen LogP contribution in [0.2, 0.25) is 0 Å². The Morgan fingerprint density at radius 2 is 1.90 bits per heavy atom. The molecule has 1 heterocycles. The molecule has 2 N–H and O–H groups in total. The van der Waals surface area contributed by atoms with Crippen molar-refractivity contribution in [2.45, 2.75) is 24.9 Å². The summed E-state index contributed by atoms with van der Waals surface area (Å²) in [6.07, 6.45) is 2.12. The lowest BCUT2D eigenvalue weighted by molar-refractivity contribution is 0.0952. The minimum atomic E-state index is -0.0292. The highest BCUT2D eigenvalue weighted by Crippen LogP contribution is 2.25. The van der Waals surface area contributed by atoms with Crippen LogP contribution in [0, 0.1) is 0 Å². The number of ether oxygens (including phenoxy) is 1. The summed E-state index contributed by atoms with van der Waals surface area (Å²) >= 11 is 0. The number of rotatable bonds is 8. The first-order valence-electron chi connectivity index (χ1n) is 10.3. The summed E-state index contributed by atoms with van der Waals surface area (Å²) in [4.78, 5) is 19.7. The van der Waals surface area contributed by atoms with Crippen LogP contribution in [0.15, 0.2) is 54.6 Å². The van der Waals surface area contributed by atoms with Crippen LogP contribution in [0.5, 0.6) is 5.75 Å². The summed E-state index contributed by atoms with van der Waals surface area (Å²) in [6, 6.07) is 18.2. The first-order chi connectivity index (χ1) is 14.5. The minimum Gasteiger partial charge on any atom is -0.497 e. The molecular formula is C24H28N4O2. The monoisotopic (exact) mass is 404 g/mol. The number of carbonyl (C=O) groups excluding carboxylic acids is 1. The lowest BCUT2D eigenvalue weighted by atomic mass is 10.1. The van der Waals surface area contributed by atoms with Gasteiger partial charge in [-0.2, -0.15) is 0 Å². The second-order valence-electron chi connectivity index (χ2n) is 7.95. The van der Waals surface area contributed by atoms with Crippen molar-refractivity contribution < 1.29 is 9.53 Å². The number of aromatic nitrogens is 1. The zero-order chi connectivity index (χ0) is 21.1. The van der Waals surface area contributed by atoms with E-state index in [1.807, 2.05) is 42.5 Å². The van der Waals surface area contributed by atoms with Crippen LogP contribution >= 0.6 is 0 Å². The molecule has 1 aliphatic rings. The maximum atomic E-state index is 12.8. The molecule has 1 unspecified atom stereocenters. The van der Waals surface area contributed by atoms with E-state index in [1.54, 1.807) is 7.11 Å². The standard InChI is InChI=1S/C24H28N4O2/c1-28(2)22(16-8-12-18(30-3)13-9-16)15-25-23-14-20(24(29)26-17-10-11-17)19-6-4-5-7-21(19)27-23/h4-9,12-14,17,22H,10-11,15H2,1-3H3,(H,25,27)(H,26,29). The summed E-state index contributed by atoms with van der Waals surface area (Å²) in [5, 5.41) is 7.42. The number of hydrogen-bond donors (Lipinski definition) is 2. The van der Waals surface area contributed by atoms with Crippen LogP contribution < -0.4 is 15.4 Å². The number of fused-ring (bicyclic) bond motifs is 1. The van der Waals surface area contributed by atoms with Gasteiger partial charge in [0.1, 0.15) is 11.6 Å². The molecule has 2 aromatic carbocycles. The fourth-order valence-corrected chi connectivity index (χ4v) is 3.57. The second-order valence-corrected chi connectivity index (χ2v) is 7.95. The van der Waals surface area contributed by atoms with Gasteiger partial charge in [-0.15, -0.1) is 0 Å². The van der Waals surface area contributed by atoms with Gasteiger partial charge in [0.2, 0.25) is 0 Å². The molecular weight excluding hydrogens is 376 g/mol. The van der Waals surface area contributed by atoms with Crippen molar-refractivity contribution in [1.82, 2.24) is 15.2 Å². The number of carbonyl (C=O) groups is 1. The Hall–Kier alpha value is -3.12. The lowest BCUT2D eigenvalue weighted by Gasteiger charge is -2.25. The Morgan fingerprint density at radius 1 is 1.17 bits per heavy atom. The normalized spacial score (nSPS) is 14.5. The van der Waals surface area contributed by atoms with Gasteiger partial charge in [-0.05, 0) is 56.8 Å². The van der Waals surface area contributed by atoms with E-state index in [0.29, 0.717) is 24.0 Å². The molecule has 1 aromatic heterocycles. The topological polar surface area (TPSA) is 66.5 Å². The van der Waals surface area contributed by atoms with E-state index in [9.17, 15) is 4.79 Å². The fourth-order valence-electron chi connectivity index (χ4n) is 3.57. The van der Waals surface area contributed by atoms with Crippen LogP contribution in [0.3, 0.4) is 0 Å². The molecule has 6 heteroatoms. The number of nitrogens with zero attached hydrogens (tertiary/aromatic N) is 2. The zero-order valence-electron chi connectivity index (χ0n) is 17.7. The summed E-state index contributed by atoms with van der Waals surface area (Å²) in [5.74, 6) is 1.51. The van der Waals surface area contributed by atoms with Crippen molar-refractivity contribution >= 4 is 22.6 Å². The van der Waals surface area contributed by atoms with Gasteiger partial charge in [-0.3, -0.25) is 4.79 Å². The maximum absolute atomic E-state index is 12.8. The molecule has 1 saturated carbocycles. The number of para-hydroxylation sites is 1. The van der Waals surface area contributed by atoms with E-state index in [4.69, 9.17) is 9.72 Å². The second kappa shape index (κ2) is 8.71. The predicted molar refractivity (Wildman–Crippen MR) is 120 cm³/mol. The van der Waals surface area contributed by atoms with E-state index in [-0.39, 0.29) is 11.9 Å². The molecule has 4 rings (SSSR count). The summed E-state index contributed by atoms with van der Waals surface area (Å²) in [5.41, 5.74) is 2.66. The quantitative estimate of drug-likeness (QED) is 0.597. The van der Waals surface area contributed by atoms with Gasteiger partial charge < -0.3 is 20.3 Å². The highest BCUT2D eigenvalue weighted by molar-refractivity contribution is 6.07. The number of likely N-dealkylation sites (N-methyl/N-ethyl adjacent to an activating group) is 1. The van der Waals surface area contributed by atoms with Crippen molar-refractivity contribution in [3.05, 3.63) is 65.7 Å². The molecule has 30 heavy (non-hydrogen) atoms. The Morgan fingerprint density at radius 3 is 2.57 bits per heavy atom. The highest BCUT2D eigenvalue weighted by atomic mass is 16.5. The van der Waals surface area contributed by atoms with Crippen LogP contribution in [0.1, 0.15) is 34.8 Å². The summed E-state index contributed by atoms with van der Waals surface area (Å²) in [7, 11) is 5.78. The third kappa shape index (κ3) is 4.54. The molecule has 3 aromatic rings. The van der Waals surface area contributed by atoms with Crippen LogP contribution in [0.4, 0.5) is 5.82 Å². The first kappa shape index (κ1) is 20.2. The number of anilines is 1. The van der Waals surface area contributed by atoms with Crippen molar-refractivity contribution in [1.29, 1.82) is 0 Å². The fraction of sp³-hybridized carbons (Fsp3) is 0.333. The van der Waals surface area contributed by atoms with E-state index in [0.717, 1.165) is 29.5 Å². The van der Waals surface area contributed by atoms with Crippen LogP contribution in [-0.2, 0) is 0 Å². The molecule has 156 valence electrons. The van der Waals surface area contributed by atoms with Crippen molar-refractivity contribution in [3.63, 3.8) is 0 Å². The zero-order valence-corrected chi connectivity index (χ0v) is 17.7. The molecule has 0 bridgehead atoms. The van der Waals surface area contributed by atoms with E-state index < -0.39 is 0 Å². The van der Waals surface area contributed by atoms with Gasteiger partial charge in [-0.1, -0.05) is 30.3 Å². The Labute approximate surface area is 177 Å². The van der Waals surface area contributed by atoms with Gasteiger partial charge in [0.15, 0.2) is 0 Å². The molecule has 1 fully saturated rings. The number of nitrogens with one attached hydrogen (secondary N) is 2. The van der Waals surface area contributed by atoms with Gasteiger partial charge in [0.05, 0.1) is 24.2 Å². The Kier molecular flexibility index (Phi) is 5.86. The van der Waals surface area contributed by atoms with Crippen molar-refractivity contribution in [2.75, 3.05) is 33.1 Å². The molecule has 0 spiro atoms. The van der Waals surface area contributed by atoms with E-state index in [2.05, 4.69) is 41.8 Å². The van der Waals surface area contributed by atoms with E-state index in [1.165, 1.54) is 5.56 Å². The SMILES string of the molecule is COc1ccc(C(CNc2cc(C(=O)NC3CC3)c3ccccc3n2)N(C)C)cc1. The third-order valence-electron chi connectivity index (χ3n) is 5.47. The smallest absolute Gasteiger partial charge is 0.252 e. The molecule has 1 amide bonds. The Bertz CT molecular complexity index is 1030. The van der Waals surface area contributed by atoms with E-state index >= 15 is 0 Å². The average Bonchev–Trinajstić information content (AvgIpc) is 3.57. The molecule has 6 nitrogen and oxygen atoms in total. The Balaban J connectivity index is 1.57. The summed E-state index contributed by atoms with van der Waals surface area (Å²) < 4.78 is 5.27. The number of hydrogen-bond acceptors (Lipinski definition) is 5. The van der Waals surface area contributed by atoms with Crippen LogP contribution in [-0.4, -0.2) is 49.6 Å². The number of benzene rings is 2. The lowest BCUT2D eigenvalue weighted by Crippen LogP contribution is -2.28. The minimum absolute atomic E-state index is 0.0292. The predicted octanol–water partition coefficient (Wildman–Crippen LogP) is 3.85. The van der Waals surface area contributed by atoms with Crippen molar-refractivity contribution in [2.24, 2.45) is 0 Å². The molecule has 1 aliphatic carbocycles. The van der Waals surface area contributed by atoms with Gasteiger partial charge >= 0.3 is 0 Å². The number of methoxy groups -OCH3 is 1. The average molecular weight is 405 g/mol. The van der Waals surface area contributed by atoms with Gasteiger partial charge in [-0.25, -0.2) is 4.98 Å². The third-order valence-corrected chi connectivity index (χ3v) is 5.47. The number of amides is 1. The van der Waals surface area contributed by atoms with Gasteiger partial charge in [0.25, 0.3) is 5.91 Å². The molecule has 0 radical (unpaired) electrons. The van der Waals surface area contributed by atoms with Gasteiger partial charge in [0, 0.05) is 18.0 Å². The highest BCUT2D eigenvalue weighted by Gasteiger charge is 2.25. The largest absolute Gasteiger partial charge is 0.497 e. The summed E-state index contributed by atoms with van der Waals surface area (Å²) in [6.45, 7) is 0.661. The molecule has 0 aliphatic heterocycles. The number of pyridine rings is 1. The first-order valence-corrected chi connectivity index (χ1v) is 10.3. The maximum Gasteiger partial charge on any atom is 0.252 e. The van der Waals surface area contributed by atoms with Crippen molar-refractivity contribution in [3.8, 4) is 5.75 Å².